The molecule has 5 nitrogen and oxygen atoms in total. The highest BCUT2D eigenvalue weighted by atomic mass is 16.1. The van der Waals surface area contributed by atoms with Gasteiger partial charge in [-0.3, -0.25) is 14.6 Å². The van der Waals surface area contributed by atoms with Gasteiger partial charge < -0.3 is 9.88 Å². The number of aromatic amines is 1. The first-order chi connectivity index (χ1) is 10.6. The highest BCUT2D eigenvalue weighted by molar-refractivity contribution is 6.08. The van der Waals surface area contributed by atoms with E-state index in [1.54, 1.807) is 36.7 Å². The van der Waals surface area contributed by atoms with Gasteiger partial charge in [-0.2, -0.15) is 0 Å². The zero-order valence-corrected chi connectivity index (χ0v) is 12.6. The van der Waals surface area contributed by atoms with Crippen molar-refractivity contribution in [1.82, 2.24) is 14.9 Å². The predicted octanol–water partition coefficient (Wildman–Crippen LogP) is 2.21. The lowest BCUT2D eigenvalue weighted by Crippen LogP contribution is -2.17. The van der Waals surface area contributed by atoms with Crippen LogP contribution in [0.2, 0.25) is 0 Å². The van der Waals surface area contributed by atoms with Crippen LogP contribution >= 0.6 is 0 Å². The quantitative estimate of drug-likeness (QED) is 0.592. The summed E-state index contributed by atoms with van der Waals surface area (Å²) in [6.07, 6.45) is 3.62. The maximum Gasteiger partial charge on any atom is 0.197 e. The number of hydrogen-bond donors (Lipinski definition) is 1. The Morgan fingerprint density at radius 1 is 1.23 bits per heavy atom. The van der Waals surface area contributed by atoms with Gasteiger partial charge in [-0.15, -0.1) is 0 Å². The SMILES string of the molecule is CN(C)CCC(=O)c1cccc2c(=O)c3ccncc3[nH]c12. The van der Waals surface area contributed by atoms with Crippen molar-refractivity contribution >= 4 is 27.6 Å². The number of benzene rings is 1. The molecule has 2 heterocycles. The van der Waals surface area contributed by atoms with Crippen LogP contribution in [0.25, 0.3) is 21.8 Å². The number of carbonyl (C=O) groups excluding carboxylic acids is 1. The molecule has 1 N–H and O–H groups in total. The highest BCUT2D eigenvalue weighted by Crippen LogP contribution is 2.19. The Morgan fingerprint density at radius 2 is 2.05 bits per heavy atom. The monoisotopic (exact) mass is 295 g/mol. The second kappa shape index (κ2) is 5.69. The zero-order chi connectivity index (χ0) is 15.7. The summed E-state index contributed by atoms with van der Waals surface area (Å²) in [7, 11) is 3.86. The predicted molar refractivity (Wildman–Crippen MR) is 87.4 cm³/mol. The summed E-state index contributed by atoms with van der Waals surface area (Å²) in [6, 6.07) is 6.96. The fourth-order valence-corrected chi connectivity index (χ4v) is 2.54. The fourth-order valence-electron chi connectivity index (χ4n) is 2.54. The topological polar surface area (TPSA) is 66.1 Å². The third-order valence-corrected chi connectivity index (χ3v) is 3.72. The number of ketones is 1. The largest absolute Gasteiger partial charge is 0.352 e. The van der Waals surface area contributed by atoms with Gasteiger partial charge >= 0.3 is 0 Å². The molecule has 0 saturated heterocycles. The lowest BCUT2D eigenvalue weighted by atomic mass is 10.0. The Labute approximate surface area is 127 Å². The van der Waals surface area contributed by atoms with Crippen molar-refractivity contribution in [3.63, 3.8) is 0 Å². The Balaban J connectivity index is 2.20. The lowest BCUT2D eigenvalue weighted by molar-refractivity contribution is 0.0974. The zero-order valence-electron chi connectivity index (χ0n) is 12.6. The number of para-hydroxylation sites is 1. The number of aromatic nitrogens is 2. The first kappa shape index (κ1) is 14.4. The van der Waals surface area contributed by atoms with Crippen molar-refractivity contribution in [2.24, 2.45) is 0 Å². The highest BCUT2D eigenvalue weighted by Gasteiger charge is 2.14. The minimum absolute atomic E-state index is 0.0261. The summed E-state index contributed by atoms with van der Waals surface area (Å²) in [4.78, 5) is 34.2. The number of nitrogens with one attached hydrogen (secondary N) is 1. The van der Waals surface area contributed by atoms with Crippen LogP contribution in [-0.4, -0.2) is 41.3 Å². The van der Waals surface area contributed by atoms with Gasteiger partial charge in [0.1, 0.15) is 0 Å². The van der Waals surface area contributed by atoms with Crippen molar-refractivity contribution in [3.05, 3.63) is 52.4 Å². The molecule has 0 spiro atoms. The van der Waals surface area contributed by atoms with E-state index in [0.29, 0.717) is 40.3 Å². The third kappa shape index (κ3) is 2.51. The first-order valence-electron chi connectivity index (χ1n) is 7.14. The second-order valence-corrected chi connectivity index (χ2v) is 5.58. The number of hydrogen-bond acceptors (Lipinski definition) is 4. The average Bonchev–Trinajstić information content (AvgIpc) is 2.52. The molecular weight excluding hydrogens is 278 g/mol. The van der Waals surface area contributed by atoms with Crippen LogP contribution in [0.4, 0.5) is 0 Å². The van der Waals surface area contributed by atoms with Gasteiger partial charge in [0.15, 0.2) is 11.2 Å². The van der Waals surface area contributed by atoms with E-state index >= 15 is 0 Å². The normalized spacial score (nSPS) is 11.4. The van der Waals surface area contributed by atoms with Crippen molar-refractivity contribution in [1.29, 1.82) is 0 Å². The molecule has 0 saturated carbocycles. The molecule has 0 aliphatic heterocycles. The molecule has 5 heteroatoms. The number of fused-ring (bicyclic) bond motifs is 2. The van der Waals surface area contributed by atoms with Crippen molar-refractivity contribution in [3.8, 4) is 0 Å². The number of rotatable bonds is 4. The van der Waals surface area contributed by atoms with Crippen LogP contribution in [0.5, 0.6) is 0 Å². The standard InChI is InChI=1S/C17H17N3O2/c1-20(2)9-7-15(21)12-4-3-5-13-16(12)19-14-10-18-8-6-11(14)17(13)22/h3-6,8,10H,7,9H2,1-2H3,(H,19,22). The molecule has 0 unspecified atom stereocenters. The molecule has 0 radical (unpaired) electrons. The summed E-state index contributed by atoms with van der Waals surface area (Å²) < 4.78 is 0. The second-order valence-electron chi connectivity index (χ2n) is 5.58. The maximum absolute atomic E-state index is 12.6. The van der Waals surface area contributed by atoms with Gasteiger partial charge in [0.25, 0.3) is 0 Å². The number of carbonyl (C=O) groups is 1. The average molecular weight is 295 g/mol. The van der Waals surface area contributed by atoms with E-state index in [9.17, 15) is 9.59 Å². The minimum Gasteiger partial charge on any atom is -0.352 e. The molecule has 1 aromatic carbocycles. The van der Waals surface area contributed by atoms with Crippen LogP contribution in [0.15, 0.2) is 41.5 Å². The van der Waals surface area contributed by atoms with E-state index < -0.39 is 0 Å². The summed E-state index contributed by atoms with van der Waals surface area (Å²) in [5.74, 6) is 0.0261. The van der Waals surface area contributed by atoms with Gasteiger partial charge in [-0.1, -0.05) is 6.07 Å². The number of nitrogens with zero attached hydrogens (tertiary/aromatic N) is 2. The van der Waals surface area contributed by atoms with Gasteiger partial charge in [0, 0.05) is 35.5 Å². The van der Waals surface area contributed by atoms with Crippen molar-refractivity contribution in [2.45, 2.75) is 6.42 Å². The van der Waals surface area contributed by atoms with E-state index in [2.05, 4.69) is 9.97 Å². The minimum atomic E-state index is -0.0755. The van der Waals surface area contributed by atoms with E-state index in [4.69, 9.17) is 0 Å². The van der Waals surface area contributed by atoms with Crippen molar-refractivity contribution < 1.29 is 4.79 Å². The fraction of sp³-hybridized carbons (Fsp3) is 0.235. The molecule has 3 aromatic rings. The summed E-state index contributed by atoms with van der Waals surface area (Å²) in [6.45, 7) is 0.675. The van der Waals surface area contributed by atoms with Gasteiger partial charge in [-0.05, 0) is 32.3 Å². The summed E-state index contributed by atoms with van der Waals surface area (Å²) in [5.41, 5.74) is 1.72. The Hall–Kier alpha value is -2.53. The Kier molecular flexibility index (Phi) is 3.73. The summed E-state index contributed by atoms with van der Waals surface area (Å²) >= 11 is 0. The molecular formula is C17H17N3O2. The van der Waals surface area contributed by atoms with Crippen LogP contribution in [0.1, 0.15) is 16.8 Å². The molecule has 0 aliphatic carbocycles. The van der Waals surface area contributed by atoms with Crippen LogP contribution in [-0.2, 0) is 0 Å². The molecule has 3 rings (SSSR count). The first-order valence-corrected chi connectivity index (χ1v) is 7.14. The number of H-pyrrole nitrogens is 1. The maximum atomic E-state index is 12.6. The molecule has 0 bridgehead atoms. The smallest absolute Gasteiger partial charge is 0.197 e. The number of pyridine rings is 2. The number of Topliss-reactive ketones (excluding diaryl/α,β-unsaturated/α-hetero) is 1. The van der Waals surface area contributed by atoms with Gasteiger partial charge in [-0.25, -0.2) is 0 Å². The molecule has 0 fully saturated rings. The molecule has 0 atom stereocenters. The molecule has 112 valence electrons. The van der Waals surface area contributed by atoms with E-state index in [-0.39, 0.29) is 11.2 Å². The third-order valence-electron chi connectivity index (χ3n) is 3.72. The van der Waals surface area contributed by atoms with Crippen LogP contribution in [0, 0.1) is 0 Å². The van der Waals surface area contributed by atoms with E-state index in [0.717, 1.165) is 0 Å². The van der Waals surface area contributed by atoms with E-state index in [1.165, 1.54) is 0 Å². The summed E-state index contributed by atoms with van der Waals surface area (Å²) in [5, 5.41) is 1.12. The van der Waals surface area contributed by atoms with E-state index in [1.807, 2.05) is 19.0 Å². The van der Waals surface area contributed by atoms with Gasteiger partial charge in [0.2, 0.25) is 0 Å². The van der Waals surface area contributed by atoms with Gasteiger partial charge in [0.05, 0.1) is 17.2 Å². The Bertz CT molecular complexity index is 913. The lowest BCUT2D eigenvalue weighted by Gasteiger charge is -2.10. The molecule has 2 aromatic heterocycles. The van der Waals surface area contributed by atoms with Crippen molar-refractivity contribution in [2.75, 3.05) is 20.6 Å². The van der Waals surface area contributed by atoms with Crippen LogP contribution < -0.4 is 5.43 Å². The Morgan fingerprint density at radius 3 is 2.82 bits per heavy atom. The molecule has 0 aliphatic rings. The molecule has 22 heavy (non-hydrogen) atoms. The van der Waals surface area contributed by atoms with Crippen LogP contribution in [0.3, 0.4) is 0 Å². The molecule has 0 amide bonds.